The maximum atomic E-state index is 13.4. The van der Waals surface area contributed by atoms with Crippen LogP contribution in [0.3, 0.4) is 0 Å². The zero-order valence-electron chi connectivity index (χ0n) is 14.5. The van der Waals surface area contributed by atoms with Gasteiger partial charge in [0.15, 0.2) is 0 Å². The van der Waals surface area contributed by atoms with Crippen molar-refractivity contribution in [3.05, 3.63) is 47.7 Å². The first-order valence-electron chi connectivity index (χ1n) is 8.76. The third-order valence-electron chi connectivity index (χ3n) is 4.42. The number of aromatic nitrogens is 1. The molecule has 0 spiro atoms. The van der Waals surface area contributed by atoms with Gasteiger partial charge in [-0.2, -0.15) is 13.2 Å². The Hall–Kier alpha value is -1.71. The normalized spacial score (nSPS) is 11.9. The van der Waals surface area contributed by atoms with E-state index in [2.05, 4.69) is 6.92 Å². The molecule has 0 aliphatic carbocycles. The van der Waals surface area contributed by atoms with Gasteiger partial charge in [0, 0.05) is 13.2 Å². The van der Waals surface area contributed by atoms with Crippen molar-refractivity contribution in [2.45, 2.75) is 58.0 Å². The quantitative estimate of drug-likeness (QED) is 0.477. The fourth-order valence-electron chi connectivity index (χ4n) is 3.23. The second-order valence-electron chi connectivity index (χ2n) is 6.36. The highest BCUT2D eigenvalue weighted by molar-refractivity contribution is 5.66. The number of rotatable bonds is 8. The molecule has 0 aliphatic heterocycles. The van der Waals surface area contributed by atoms with Gasteiger partial charge in [-0.3, -0.25) is 0 Å². The minimum Gasteiger partial charge on any atom is -0.350 e. The summed E-state index contributed by atoms with van der Waals surface area (Å²) in [6.45, 7) is 2.16. The van der Waals surface area contributed by atoms with Crippen LogP contribution in [0.2, 0.25) is 0 Å². The lowest BCUT2D eigenvalue weighted by molar-refractivity contribution is -0.138. The molecule has 1 nitrogen and oxygen atoms in total. The van der Waals surface area contributed by atoms with Gasteiger partial charge in [-0.25, -0.2) is 0 Å². The van der Waals surface area contributed by atoms with E-state index in [1.165, 1.54) is 25.5 Å². The molecule has 2 aromatic rings. The zero-order valence-corrected chi connectivity index (χ0v) is 14.5. The van der Waals surface area contributed by atoms with Crippen molar-refractivity contribution in [2.75, 3.05) is 0 Å². The van der Waals surface area contributed by atoms with E-state index < -0.39 is 11.7 Å². The molecule has 24 heavy (non-hydrogen) atoms. The van der Waals surface area contributed by atoms with Gasteiger partial charge in [-0.05, 0) is 24.0 Å². The standard InChI is InChI=1S/C20H26F3N/c1-3-4-5-6-7-11-14-17-18(20(21,22)23)15-24(2)19(17)16-12-9-8-10-13-16/h8-10,12-13,15H,3-7,11,14H2,1-2H3. The molecule has 0 amide bonds. The van der Waals surface area contributed by atoms with Crippen LogP contribution in [-0.4, -0.2) is 4.57 Å². The average molecular weight is 337 g/mol. The number of nitrogens with zero attached hydrogens (tertiary/aromatic N) is 1. The first-order chi connectivity index (χ1) is 11.4. The Morgan fingerprint density at radius 1 is 0.917 bits per heavy atom. The van der Waals surface area contributed by atoms with Crippen LogP contribution < -0.4 is 0 Å². The lowest BCUT2D eigenvalue weighted by atomic mass is 9.98. The summed E-state index contributed by atoms with van der Waals surface area (Å²) >= 11 is 0. The molecule has 0 saturated heterocycles. The van der Waals surface area contributed by atoms with E-state index in [1.807, 2.05) is 30.3 Å². The lowest BCUT2D eigenvalue weighted by Gasteiger charge is -2.11. The van der Waals surface area contributed by atoms with Crippen molar-refractivity contribution in [1.82, 2.24) is 4.57 Å². The number of halogens is 3. The van der Waals surface area contributed by atoms with E-state index in [-0.39, 0.29) is 0 Å². The van der Waals surface area contributed by atoms with E-state index in [0.717, 1.165) is 24.8 Å². The van der Waals surface area contributed by atoms with Gasteiger partial charge in [0.1, 0.15) is 0 Å². The molecule has 1 aromatic carbocycles. The SMILES string of the molecule is CCCCCCCCc1c(C(F)(F)F)cn(C)c1-c1ccccc1. The maximum absolute atomic E-state index is 13.4. The number of benzene rings is 1. The van der Waals surface area contributed by atoms with E-state index in [0.29, 0.717) is 17.7 Å². The van der Waals surface area contributed by atoms with Crippen LogP contribution in [0.15, 0.2) is 36.5 Å². The molecule has 0 aliphatic rings. The highest BCUT2D eigenvalue weighted by atomic mass is 19.4. The largest absolute Gasteiger partial charge is 0.418 e. The van der Waals surface area contributed by atoms with Gasteiger partial charge in [-0.15, -0.1) is 0 Å². The molecule has 0 saturated carbocycles. The van der Waals surface area contributed by atoms with E-state index in [4.69, 9.17) is 0 Å². The van der Waals surface area contributed by atoms with Gasteiger partial charge >= 0.3 is 6.18 Å². The van der Waals surface area contributed by atoms with Crippen molar-refractivity contribution in [3.8, 4) is 11.3 Å². The molecule has 0 atom stereocenters. The van der Waals surface area contributed by atoms with E-state index in [9.17, 15) is 13.2 Å². The molecule has 0 radical (unpaired) electrons. The predicted molar refractivity (Wildman–Crippen MR) is 92.9 cm³/mol. The Morgan fingerprint density at radius 2 is 1.54 bits per heavy atom. The van der Waals surface area contributed by atoms with Gasteiger partial charge in [0.25, 0.3) is 0 Å². The summed E-state index contributed by atoms with van der Waals surface area (Å²) in [4.78, 5) is 0. The summed E-state index contributed by atoms with van der Waals surface area (Å²) < 4.78 is 41.9. The summed E-state index contributed by atoms with van der Waals surface area (Å²) in [7, 11) is 1.70. The van der Waals surface area contributed by atoms with Gasteiger partial charge < -0.3 is 4.57 Å². The van der Waals surface area contributed by atoms with E-state index in [1.54, 1.807) is 11.6 Å². The van der Waals surface area contributed by atoms with Gasteiger partial charge in [0.05, 0.1) is 11.3 Å². The van der Waals surface area contributed by atoms with Crippen LogP contribution in [0.5, 0.6) is 0 Å². The van der Waals surface area contributed by atoms with Crippen molar-refractivity contribution < 1.29 is 13.2 Å². The molecule has 4 heteroatoms. The third kappa shape index (κ3) is 4.65. The predicted octanol–water partition coefficient (Wildman–Crippen LogP) is 6.61. The molecule has 1 heterocycles. The van der Waals surface area contributed by atoms with Crippen LogP contribution in [0.1, 0.15) is 56.6 Å². The second kappa shape index (κ2) is 8.41. The fourth-order valence-corrected chi connectivity index (χ4v) is 3.23. The number of hydrogen-bond donors (Lipinski definition) is 0. The second-order valence-corrected chi connectivity index (χ2v) is 6.36. The average Bonchev–Trinajstić information content (AvgIpc) is 2.88. The Bertz CT molecular complexity index is 626. The molecule has 0 bridgehead atoms. The summed E-state index contributed by atoms with van der Waals surface area (Å²) in [5, 5.41) is 0. The monoisotopic (exact) mass is 337 g/mol. The highest BCUT2D eigenvalue weighted by Gasteiger charge is 2.36. The number of unbranched alkanes of at least 4 members (excludes halogenated alkanes) is 5. The van der Waals surface area contributed by atoms with Crippen molar-refractivity contribution in [3.63, 3.8) is 0 Å². The molecule has 132 valence electrons. The highest BCUT2D eigenvalue weighted by Crippen LogP contribution is 2.38. The molecule has 2 rings (SSSR count). The molecular formula is C20H26F3N. The van der Waals surface area contributed by atoms with E-state index >= 15 is 0 Å². The molecular weight excluding hydrogens is 311 g/mol. The third-order valence-corrected chi connectivity index (χ3v) is 4.42. The molecule has 1 aromatic heterocycles. The number of alkyl halides is 3. The lowest BCUT2D eigenvalue weighted by Crippen LogP contribution is -2.07. The fraction of sp³-hybridized carbons (Fsp3) is 0.500. The molecule has 0 fully saturated rings. The first-order valence-corrected chi connectivity index (χ1v) is 8.76. The first kappa shape index (κ1) is 18.6. The molecule has 0 unspecified atom stereocenters. The minimum atomic E-state index is -4.30. The maximum Gasteiger partial charge on any atom is 0.418 e. The van der Waals surface area contributed by atoms with Gasteiger partial charge in [-0.1, -0.05) is 69.4 Å². The van der Waals surface area contributed by atoms with Crippen LogP contribution in [0.25, 0.3) is 11.3 Å². The van der Waals surface area contributed by atoms with Crippen molar-refractivity contribution >= 4 is 0 Å². The van der Waals surface area contributed by atoms with Crippen molar-refractivity contribution in [1.29, 1.82) is 0 Å². The van der Waals surface area contributed by atoms with Crippen LogP contribution >= 0.6 is 0 Å². The zero-order chi connectivity index (χ0) is 17.6. The van der Waals surface area contributed by atoms with Crippen LogP contribution in [0, 0.1) is 0 Å². The topological polar surface area (TPSA) is 4.93 Å². The number of aryl methyl sites for hydroxylation is 1. The summed E-state index contributed by atoms with van der Waals surface area (Å²) in [5.74, 6) is 0. The van der Waals surface area contributed by atoms with Crippen molar-refractivity contribution in [2.24, 2.45) is 7.05 Å². The van der Waals surface area contributed by atoms with Crippen LogP contribution in [0.4, 0.5) is 13.2 Å². The summed E-state index contributed by atoms with van der Waals surface area (Å²) in [6.07, 6.45) is 3.84. The Labute approximate surface area is 142 Å². The number of hydrogen-bond acceptors (Lipinski definition) is 0. The summed E-state index contributed by atoms with van der Waals surface area (Å²) in [6, 6.07) is 9.36. The summed E-state index contributed by atoms with van der Waals surface area (Å²) in [5.41, 5.74) is 1.48. The Kier molecular flexibility index (Phi) is 6.52. The molecule has 0 N–H and O–H groups in total. The minimum absolute atomic E-state index is 0.437. The van der Waals surface area contributed by atoms with Gasteiger partial charge in [0.2, 0.25) is 0 Å². The smallest absolute Gasteiger partial charge is 0.350 e. The Balaban J connectivity index is 2.22. The van der Waals surface area contributed by atoms with Crippen LogP contribution in [-0.2, 0) is 19.6 Å². The Morgan fingerprint density at radius 3 is 2.17 bits per heavy atom.